The first-order valence-corrected chi connectivity index (χ1v) is 7.72. The van der Waals surface area contributed by atoms with Gasteiger partial charge in [0.1, 0.15) is 5.75 Å². The molecular formula is C15H21BrN2O2. The van der Waals surface area contributed by atoms with Crippen LogP contribution in [-0.4, -0.2) is 37.0 Å². The van der Waals surface area contributed by atoms with E-state index in [1.165, 1.54) is 0 Å². The maximum atomic E-state index is 12.8. The molecule has 1 fully saturated rings. The van der Waals surface area contributed by atoms with E-state index >= 15 is 0 Å². The van der Waals surface area contributed by atoms with Gasteiger partial charge in [0.05, 0.1) is 12.7 Å². The molecule has 5 heteroatoms. The number of nitrogens with zero attached hydrogens (tertiary/aromatic N) is 1. The molecule has 0 saturated carbocycles. The molecule has 2 rings (SSSR count). The third-order valence-corrected chi connectivity index (χ3v) is 4.71. The molecule has 0 aromatic heterocycles. The Morgan fingerprint density at radius 1 is 1.55 bits per heavy atom. The first-order valence-electron chi connectivity index (χ1n) is 6.93. The van der Waals surface area contributed by atoms with E-state index < -0.39 is 0 Å². The molecule has 1 aliphatic rings. The molecule has 4 nitrogen and oxygen atoms in total. The highest BCUT2D eigenvalue weighted by molar-refractivity contribution is 9.10. The maximum Gasteiger partial charge on any atom is 0.255 e. The summed E-state index contributed by atoms with van der Waals surface area (Å²) < 4.78 is 5.99. The van der Waals surface area contributed by atoms with Gasteiger partial charge in [-0.1, -0.05) is 6.92 Å². The number of carbonyl (C=O) groups is 1. The first-order chi connectivity index (χ1) is 9.58. The van der Waals surface area contributed by atoms with Crippen molar-refractivity contribution in [2.75, 3.05) is 20.2 Å². The van der Waals surface area contributed by atoms with Crippen LogP contribution >= 0.6 is 15.9 Å². The predicted molar refractivity (Wildman–Crippen MR) is 83.0 cm³/mol. The van der Waals surface area contributed by atoms with Crippen molar-refractivity contribution >= 4 is 21.8 Å². The van der Waals surface area contributed by atoms with E-state index in [0.717, 1.165) is 23.9 Å². The minimum atomic E-state index is 0.0257. The van der Waals surface area contributed by atoms with E-state index in [0.29, 0.717) is 23.8 Å². The smallest absolute Gasteiger partial charge is 0.255 e. The van der Waals surface area contributed by atoms with Gasteiger partial charge in [-0.15, -0.1) is 0 Å². The standard InChI is InChI=1S/C15H21BrN2O2/c1-10-4-3-7-18(14(10)9-17)15(19)12-8-11(20-2)5-6-13(12)16/h5-6,8,10,14H,3-4,7,9,17H2,1-2H3. The molecule has 1 aromatic rings. The Morgan fingerprint density at radius 3 is 2.95 bits per heavy atom. The number of nitrogens with two attached hydrogens (primary N) is 1. The monoisotopic (exact) mass is 340 g/mol. The van der Waals surface area contributed by atoms with Crippen LogP contribution in [0.2, 0.25) is 0 Å². The van der Waals surface area contributed by atoms with Crippen molar-refractivity contribution in [2.24, 2.45) is 11.7 Å². The fourth-order valence-corrected chi connectivity index (χ4v) is 3.23. The van der Waals surface area contributed by atoms with Gasteiger partial charge >= 0.3 is 0 Å². The lowest BCUT2D eigenvalue weighted by molar-refractivity contribution is 0.0531. The van der Waals surface area contributed by atoms with Gasteiger partial charge in [-0.3, -0.25) is 4.79 Å². The number of halogens is 1. The Hall–Kier alpha value is -1.07. The summed E-state index contributed by atoms with van der Waals surface area (Å²) in [5, 5.41) is 0. The molecule has 1 heterocycles. The number of likely N-dealkylation sites (tertiary alicyclic amines) is 1. The van der Waals surface area contributed by atoms with Crippen LogP contribution in [-0.2, 0) is 0 Å². The lowest BCUT2D eigenvalue weighted by Crippen LogP contribution is -2.51. The summed E-state index contributed by atoms with van der Waals surface area (Å²) in [5.41, 5.74) is 6.50. The number of benzene rings is 1. The molecule has 110 valence electrons. The molecule has 1 aromatic carbocycles. The van der Waals surface area contributed by atoms with Crippen LogP contribution in [0, 0.1) is 5.92 Å². The number of methoxy groups -OCH3 is 1. The largest absolute Gasteiger partial charge is 0.497 e. The molecule has 1 amide bonds. The Morgan fingerprint density at radius 2 is 2.30 bits per heavy atom. The average molecular weight is 341 g/mol. The number of piperidine rings is 1. The quantitative estimate of drug-likeness (QED) is 0.920. The molecule has 1 saturated heterocycles. The number of ether oxygens (including phenoxy) is 1. The number of hydrogen-bond donors (Lipinski definition) is 1. The SMILES string of the molecule is COc1ccc(Br)c(C(=O)N2CCCC(C)C2CN)c1. The zero-order valence-corrected chi connectivity index (χ0v) is 13.5. The summed E-state index contributed by atoms with van der Waals surface area (Å²) in [5.74, 6) is 1.16. The highest BCUT2D eigenvalue weighted by atomic mass is 79.9. The topological polar surface area (TPSA) is 55.6 Å². The van der Waals surface area contributed by atoms with Crippen LogP contribution < -0.4 is 10.5 Å². The zero-order valence-electron chi connectivity index (χ0n) is 11.9. The normalized spacial score (nSPS) is 22.7. The highest BCUT2D eigenvalue weighted by Gasteiger charge is 2.32. The summed E-state index contributed by atoms with van der Waals surface area (Å²) in [4.78, 5) is 14.7. The van der Waals surface area contributed by atoms with Gasteiger partial charge in [0.2, 0.25) is 0 Å². The Balaban J connectivity index is 2.30. The highest BCUT2D eigenvalue weighted by Crippen LogP contribution is 2.28. The summed E-state index contributed by atoms with van der Waals surface area (Å²) in [6.45, 7) is 3.45. The van der Waals surface area contributed by atoms with E-state index in [9.17, 15) is 4.79 Å². The van der Waals surface area contributed by atoms with E-state index in [-0.39, 0.29) is 11.9 Å². The second kappa shape index (κ2) is 6.59. The van der Waals surface area contributed by atoms with Gasteiger partial charge in [-0.2, -0.15) is 0 Å². The van der Waals surface area contributed by atoms with Crippen LogP contribution in [0.4, 0.5) is 0 Å². The minimum absolute atomic E-state index is 0.0257. The van der Waals surface area contributed by atoms with Crippen molar-refractivity contribution in [1.82, 2.24) is 4.90 Å². The fourth-order valence-electron chi connectivity index (χ4n) is 2.81. The molecule has 2 atom stereocenters. The Kier molecular flexibility index (Phi) is 5.05. The number of rotatable bonds is 3. The van der Waals surface area contributed by atoms with Gasteiger partial charge < -0.3 is 15.4 Å². The van der Waals surface area contributed by atoms with E-state index in [1.54, 1.807) is 13.2 Å². The molecule has 2 N–H and O–H groups in total. The van der Waals surface area contributed by atoms with E-state index in [2.05, 4.69) is 22.9 Å². The summed E-state index contributed by atoms with van der Waals surface area (Å²) in [7, 11) is 1.60. The number of carbonyl (C=O) groups excluding carboxylic acids is 1. The van der Waals surface area contributed by atoms with Crippen molar-refractivity contribution in [3.63, 3.8) is 0 Å². The van der Waals surface area contributed by atoms with Gasteiger partial charge in [0, 0.05) is 23.6 Å². The van der Waals surface area contributed by atoms with E-state index in [1.807, 2.05) is 17.0 Å². The molecule has 20 heavy (non-hydrogen) atoms. The molecule has 1 aliphatic heterocycles. The van der Waals surface area contributed by atoms with Gasteiger partial charge in [-0.05, 0) is 52.9 Å². The van der Waals surface area contributed by atoms with Crippen LogP contribution in [0.3, 0.4) is 0 Å². The molecule has 0 bridgehead atoms. The van der Waals surface area contributed by atoms with Crippen molar-refractivity contribution in [3.8, 4) is 5.75 Å². The Bertz CT molecular complexity index is 493. The molecule has 2 unspecified atom stereocenters. The van der Waals surface area contributed by atoms with Gasteiger partial charge in [-0.25, -0.2) is 0 Å². The van der Waals surface area contributed by atoms with Crippen molar-refractivity contribution in [3.05, 3.63) is 28.2 Å². The second-order valence-corrected chi connectivity index (χ2v) is 6.12. The molecular weight excluding hydrogens is 320 g/mol. The number of amides is 1. The van der Waals surface area contributed by atoms with Crippen LogP contribution in [0.5, 0.6) is 5.75 Å². The third-order valence-electron chi connectivity index (χ3n) is 4.02. The maximum absolute atomic E-state index is 12.8. The molecule has 0 spiro atoms. The summed E-state index contributed by atoms with van der Waals surface area (Å²) >= 11 is 3.45. The molecule has 0 radical (unpaired) electrons. The predicted octanol–water partition coefficient (Wildman–Crippen LogP) is 2.66. The summed E-state index contributed by atoms with van der Waals surface area (Å²) in [6, 6.07) is 5.57. The molecule has 0 aliphatic carbocycles. The summed E-state index contributed by atoms with van der Waals surface area (Å²) in [6.07, 6.45) is 2.16. The zero-order chi connectivity index (χ0) is 14.7. The lowest BCUT2D eigenvalue weighted by Gasteiger charge is -2.39. The van der Waals surface area contributed by atoms with Crippen LogP contribution in [0.25, 0.3) is 0 Å². The van der Waals surface area contributed by atoms with Gasteiger partial charge in [0.25, 0.3) is 5.91 Å². The number of hydrogen-bond acceptors (Lipinski definition) is 3. The Labute approximate surface area is 128 Å². The first kappa shape index (κ1) is 15.3. The van der Waals surface area contributed by atoms with Crippen LogP contribution in [0.1, 0.15) is 30.1 Å². The van der Waals surface area contributed by atoms with E-state index in [4.69, 9.17) is 10.5 Å². The second-order valence-electron chi connectivity index (χ2n) is 5.27. The van der Waals surface area contributed by atoms with Crippen molar-refractivity contribution in [1.29, 1.82) is 0 Å². The van der Waals surface area contributed by atoms with Crippen molar-refractivity contribution in [2.45, 2.75) is 25.8 Å². The third kappa shape index (κ3) is 2.99. The van der Waals surface area contributed by atoms with Crippen LogP contribution in [0.15, 0.2) is 22.7 Å². The fraction of sp³-hybridized carbons (Fsp3) is 0.533. The average Bonchev–Trinajstić information content (AvgIpc) is 2.46. The van der Waals surface area contributed by atoms with Crippen molar-refractivity contribution < 1.29 is 9.53 Å². The van der Waals surface area contributed by atoms with Gasteiger partial charge in [0.15, 0.2) is 0 Å². The lowest BCUT2D eigenvalue weighted by atomic mass is 9.90. The minimum Gasteiger partial charge on any atom is -0.497 e.